The van der Waals surface area contributed by atoms with Gasteiger partial charge in [0.25, 0.3) is 0 Å². The molecule has 0 fully saturated rings. The molecule has 1 unspecified atom stereocenters. The van der Waals surface area contributed by atoms with E-state index in [-0.39, 0.29) is 0 Å². The summed E-state index contributed by atoms with van der Waals surface area (Å²) in [7, 11) is 0. The van der Waals surface area contributed by atoms with Gasteiger partial charge in [0.2, 0.25) is 3.79 Å². The maximum absolute atomic E-state index is 9.83. The lowest BCUT2D eigenvalue weighted by Crippen LogP contribution is -2.37. The standard InChI is InChI=1S/C11H11Cl3O/c1-10(15,11(12,13)14)8-7-9-5-3-2-4-6-9/h2-8,15H,1H3/b8-7+. The largest absolute Gasteiger partial charge is 0.382 e. The molecule has 1 rings (SSSR count). The highest BCUT2D eigenvalue weighted by Gasteiger charge is 2.40. The van der Waals surface area contributed by atoms with Gasteiger partial charge in [0.15, 0.2) is 0 Å². The molecule has 1 aromatic rings. The lowest BCUT2D eigenvalue weighted by atomic mass is 10.1. The second-order valence-corrected chi connectivity index (χ2v) is 5.67. The molecule has 0 heterocycles. The van der Waals surface area contributed by atoms with Crippen LogP contribution in [0.25, 0.3) is 6.08 Å². The van der Waals surface area contributed by atoms with Crippen LogP contribution in [-0.4, -0.2) is 14.5 Å². The molecule has 15 heavy (non-hydrogen) atoms. The van der Waals surface area contributed by atoms with Crippen LogP contribution in [0.1, 0.15) is 12.5 Å². The van der Waals surface area contributed by atoms with E-state index in [0.29, 0.717) is 0 Å². The molecule has 1 nitrogen and oxygen atoms in total. The van der Waals surface area contributed by atoms with Crippen LogP contribution in [0.3, 0.4) is 0 Å². The van der Waals surface area contributed by atoms with Crippen molar-refractivity contribution in [2.24, 2.45) is 0 Å². The lowest BCUT2D eigenvalue weighted by Gasteiger charge is -2.27. The minimum Gasteiger partial charge on any atom is -0.382 e. The Labute approximate surface area is 104 Å². The minimum absolute atomic E-state index is 0.937. The van der Waals surface area contributed by atoms with Gasteiger partial charge in [-0.3, -0.25) is 0 Å². The van der Waals surface area contributed by atoms with Crippen molar-refractivity contribution in [3.8, 4) is 0 Å². The second kappa shape index (κ2) is 4.75. The van der Waals surface area contributed by atoms with Crippen LogP contribution in [0.4, 0.5) is 0 Å². The first-order valence-electron chi connectivity index (χ1n) is 4.36. The Kier molecular flexibility index (Phi) is 4.07. The Balaban J connectivity index is 2.83. The SMILES string of the molecule is CC(O)(/C=C/c1ccccc1)C(Cl)(Cl)Cl. The van der Waals surface area contributed by atoms with Gasteiger partial charge in [-0.2, -0.15) is 0 Å². The van der Waals surface area contributed by atoms with Crippen molar-refractivity contribution in [2.45, 2.75) is 16.3 Å². The maximum Gasteiger partial charge on any atom is 0.222 e. The number of hydrogen-bond donors (Lipinski definition) is 1. The third kappa shape index (κ3) is 3.69. The van der Waals surface area contributed by atoms with Crippen LogP contribution < -0.4 is 0 Å². The molecule has 82 valence electrons. The number of benzene rings is 1. The van der Waals surface area contributed by atoms with Gasteiger partial charge >= 0.3 is 0 Å². The predicted octanol–water partition coefficient (Wildman–Crippen LogP) is 3.82. The first kappa shape index (κ1) is 12.9. The average molecular weight is 266 g/mol. The molecular weight excluding hydrogens is 254 g/mol. The fourth-order valence-electron chi connectivity index (χ4n) is 0.917. The summed E-state index contributed by atoms with van der Waals surface area (Å²) in [5.74, 6) is 0. The summed E-state index contributed by atoms with van der Waals surface area (Å²) in [6, 6.07) is 9.48. The van der Waals surface area contributed by atoms with Gasteiger partial charge in [0.1, 0.15) is 5.60 Å². The fraction of sp³-hybridized carbons (Fsp3) is 0.273. The average Bonchev–Trinajstić information content (AvgIpc) is 2.15. The maximum atomic E-state index is 9.83. The van der Waals surface area contributed by atoms with E-state index in [1.807, 2.05) is 30.3 Å². The van der Waals surface area contributed by atoms with E-state index in [1.54, 1.807) is 6.08 Å². The molecule has 1 aromatic carbocycles. The molecular formula is C11H11Cl3O. The second-order valence-electron chi connectivity index (χ2n) is 3.39. The number of aliphatic hydroxyl groups is 1. The Morgan fingerprint density at radius 1 is 1.13 bits per heavy atom. The Hall–Kier alpha value is -0.210. The van der Waals surface area contributed by atoms with Gasteiger partial charge < -0.3 is 5.11 Å². The van der Waals surface area contributed by atoms with Gasteiger partial charge in [-0.15, -0.1) is 0 Å². The highest BCUT2D eigenvalue weighted by atomic mass is 35.6. The van der Waals surface area contributed by atoms with Gasteiger partial charge in [-0.25, -0.2) is 0 Å². The van der Waals surface area contributed by atoms with Gasteiger partial charge in [-0.05, 0) is 18.6 Å². The highest BCUT2D eigenvalue weighted by Crippen LogP contribution is 2.39. The third-order valence-corrected chi connectivity index (χ3v) is 3.12. The van der Waals surface area contributed by atoms with Gasteiger partial charge in [0.05, 0.1) is 0 Å². The Morgan fingerprint density at radius 3 is 2.13 bits per heavy atom. The zero-order valence-corrected chi connectivity index (χ0v) is 10.4. The van der Waals surface area contributed by atoms with Gasteiger partial charge in [0, 0.05) is 0 Å². The molecule has 0 radical (unpaired) electrons. The first-order valence-corrected chi connectivity index (χ1v) is 5.50. The van der Waals surface area contributed by atoms with Crippen LogP contribution in [0.2, 0.25) is 0 Å². The zero-order valence-electron chi connectivity index (χ0n) is 8.12. The summed E-state index contributed by atoms with van der Waals surface area (Å²) >= 11 is 16.9. The molecule has 4 heteroatoms. The molecule has 0 saturated heterocycles. The monoisotopic (exact) mass is 264 g/mol. The summed E-state index contributed by atoms with van der Waals surface area (Å²) in [4.78, 5) is 0. The van der Waals surface area contributed by atoms with Crippen LogP contribution in [-0.2, 0) is 0 Å². The molecule has 1 atom stereocenters. The van der Waals surface area contributed by atoms with Crippen molar-refractivity contribution < 1.29 is 5.11 Å². The lowest BCUT2D eigenvalue weighted by molar-refractivity contribution is 0.117. The van der Waals surface area contributed by atoms with E-state index in [2.05, 4.69) is 0 Å². The Morgan fingerprint density at radius 2 is 1.67 bits per heavy atom. The van der Waals surface area contributed by atoms with Crippen molar-refractivity contribution in [1.29, 1.82) is 0 Å². The van der Waals surface area contributed by atoms with Crippen molar-refractivity contribution >= 4 is 40.9 Å². The van der Waals surface area contributed by atoms with Crippen molar-refractivity contribution in [3.05, 3.63) is 42.0 Å². The summed E-state index contributed by atoms with van der Waals surface area (Å²) in [5, 5.41) is 9.83. The first-order chi connectivity index (χ1) is 6.83. The van der Waals surface area contributed by atoms with E-state index < -0.39 is 9.39 Å². The minimum atomic E-state index is -1.74. The van der Waals surface area contributed by atoms with E-state index >= 15 is 0 Å². The van der Waals surface area contributed by atoms with Gasteiger partial charge in [-0.1, -0.05) is 71.2 Å². The summed E-state index contributed by atoms with van der Waals surface area (Å²) in [5.41, 5.74) is -0.555. The predicted molar refractivity (Wildman–Crippen MR) is 66.4 cm³/mol. The molecule has 0 aromatic heterocycles. The molecule has 0 aliphatic heterocycles. The fourth-order valence-corrected chi connectivity index (χ4v) is 1.11. The van der Waals surface area contributed by atoms with Crippen molar-refractivity contribution in [1.82, 2.24) is 0 Å². The molecule has 0 bridgehead atoms. The molecule has 0 aliphatic carbocycles. The third-order valence-electron chi connectivity index (χ3n) is 1.97. The van der Waals surface area contributed by atoms with Crippen LogP contribution in [0.5, 0.6) is 0 Å². The van der Waals surface area contributed by atoms with E-state index in [0.717, 1.165) is 5.56 Å². The normalized spacial score (nSPS) is 16.6. The quantitative estimate of drug-likeness (QED) is 0.806. The molecule has 0 amide bonds. The molecule has 0 spiro atoms. The Bertz CT molecular complexity index is 339. The van der Waals surface area contributed by atoms with Crippen LogP contribution in [0, 0.1) is 0 Å². The number of halogens is 3. The molecule has 0 aliphatic rings. The van der Waals surface area contributed by atoms with Crippen LogP contribution in [0.15, 0.2) is 36.4 Å². The molecule has 0 saturated carbocycles. The summed E-state index contributed by atoms with van der Waals surface area (Å²) < 4.78 is -1.74. The number of alkyl halides is 3. The number of rotatable bonds is 2. The van der Waals surface area contributed by atoms with Crippen LogP contribution >= 0.6 is 34.8 Å². The topological polar surface area (TPSA) is 20.2 Å². The van der Waals surface area contributed by atoms with Crippen molar-refractivity contribution in [2.75, 3.05) is 0 Å². The summed E-state index contributed by atoms with van der Waals surface area (Å²) in [6.45, 7) is 1.44. The zero-order chi connectivity index (χ0) is 11.5. The van der Waals surface area contributed by atoms with Crippen molar-refractivity contribution in [3.63, 3.8) is 0 Å². The molecule has 1 N–H and O–H groups in total. The summed E-state index contributed by atoms with van der Waals surface area (Å²) in [6.07, 6.45) is 3.18. The smallest absolute Gasteiger partial charge is 0.222 e. The van der Waals surface area contributed by atoms with E-state index in [4.69, 9.17) is 34.8 Å². The van der Waals surface area contributed by atoms with E-state index in [9.17, 15) is 5.11 Å². The van der Waals surface area contributed by atoms with E-state index in [1.165, 1.54) is 13.0 Å². The highest BCUT2D eigenvalue weighted by molar-refractivity contribution is 6.68. The number of hydrogen-bond acceptors (Lipinski definition) is 1.